The first-order chi connectivity index (χ1) is 41.4. The first-order valence-electron chi connectivity index (χ1n) is 30.8. The van der Waals surface area contributed by atoms with Gasteiger partial charge in [-0.2, -0.15) is 5.10 Å². The van der Waals surface area contributed by atoms with Crippen LogP contribution in [0.3, 0.4) is 0 Å². The first-order valence-corrected chi connectivity index (χ1v) is 30.8. The van der Waals surface area contributed by atoms with Crippen LogP contribution in [0.2, 0.25) is 0 Å². The van der Waals surface area contributed by atoms with E-state index < -0.39 is 40.9 Å². The molecule has 3 aromatic carbocycles. The Hall–Kier alpha value is -8.33. The Balaban J connectivity index is 0.702. The van der Waals surface area contributed by atoms with E-state index in [1.807, 2.05) is 60.2 Å². The number of piperidine rings is 3. The van der Waals surface area contributed by atoms with E-state index in [4.69, 9.17) is 9.97 Å². The van der Waals surface area contributed by atoms with Crippen LogP contribution in [0.15, 0.2) is 73.3 Å². The number of anilines is 4. The number of imidazole rings is 1. The van der Waals surface area contributed by atoms with Crippen LogP contribution in [-0.2, 0) is 26.3 Å². The molecule has 448 valence electrons. The lowest BCUT2D eigenvalue weighted by atomic mass is 9.73. The Labute approximate surface area is 498 Å². The number of pyridine rings is 1. The number of nitrogens with zero attached hydrogens (tertiary/aromatic N) is 9. The van der Waals surface area contributed by atoms with Crippen LogP contribution in [0.25, 0.3) is 22.3 Å². The number of nitrogens with one attached hydrogen (secondary N) is 4. The summed E-state index contributed by atoms with van der Waals surface area (Å²) < 4.78 is 19.8. The molecule has 0 radical (unpaired) electrons. The number of hydrogen-bond acceptors (Lipinski definition) is 13. The number of carbonyl (C=O) groups is 7. The van der Waals surface area contributed by atoms with Crippen LogP contribution in [0, 0.1) is 18.7 Å². The lowest BCUT2D eigenvalue weighted by Crippen LogP contribution is -2.58. The van der Waals surface area contributed by atoms with Gasteiger partial charge in [0.15, 0.2) is 5.82 Å². The molecule has 2 aliphatic carbocycles. The molecule has 1 unspecified atom stereocenters. The van der Waals surface area contributed by atoms with Crippen LogP contribution < -0.4 is 26.2 Å². The van der Waals surface area contributed by atoms with E-state index in [0.717, 1.165) is 73.3 Å². The second-order valence-corrected chi connectivity index (χ2v) is 25.5. The standard InChI is InChI=1S/C65H74FN13O7/c1-36(2)69-59(81)46-30-51(48(66)26-38(46)5)72-58-57-52(67-35-77(57)37(3)4)31-50(71-58)40-14-17-47-54(27-40)78(44-28-43(29-44)74-22-7-6-8-23-74)64(86)65(47)20-24-75(25-21-65)61(83)41-32-68-76(34-41)33-39-12-15-42(16-13-39)70-49-11-9-10-45-56(49)63(85)79(62(45)84)53-18-19-55(80)73-60(53)82/h9-11,14,17,26-27,30-32,34-37,39,42-44,53,70H,6-8,12-13,15-16,18-25,28-29,33H2,1-5H3,(H,69,81)(H,71,72)(H,73,80,82)/t39?,42?,43-,44+,53?. The molecule has 8 heterocycles. The smallest absolute Gasteiger partial charge is 0.264 e. The quantitative estimate of drug-likeness (QED) is 0.0749. The van der Waals surface area contributed by atoms with Crippen LogP contribution in [-0.4, -0.2) is 137 Å². The maximum Gasteiger partial charge on any atom is 0.264 e. The molecule has 20 nitrogen and oxygen atoms in total. The molecule has 7 aliphatic rings. The molecule has 3 aromatic heterocycles. The number of aromatic nitrogens is 5. The zero-order valence-electron chi connectivity index (χ0n) is 49.5. The molecule has 1 spiro atoms. The summed E-state index contributed by atoms with van der Waals surface area (Å²) in [5.74, 6) is -2.32. The van der Waals surface area contributed by atoms with E-state index >= 15 is 9.18 Å². The summed E-state index contributed by atoms with van der Waals surface area (Å²) in [5, 5.41) is 16.6. The largest absolute Gasteiger partial charge is 0.382 e. The van der Waals surface area contributed by atoms with Crippen molar-refractivity contribution >= 4 is 75.3 Å². The highest BCUT2D eigenvalue weighted by molar-refractivity contribution is 6.25. The summed E-state index contributed by atoms with van der Waals surface area (Å²) in [7, 11) is 0. The number of rotatable bonds is 14. The maximum absolute atomic E-state index is 16.0. The van der Waals surface area contributed by atoms with Crippen LogP contribution >= 0.6 is 0 Å². The Bertz CT molecular complexity index is 3750. The Morgan fingerprint density at radius 1 is 0.837 bits per heavy atom. The highest BCUT2D eigenvalue weighted by Crippen LogP contribution is 2.52. The summed E-state index contributed by atoms with van der Waals surface area (Å²) in [6.07, 6.45) is 15.1. The van der Waals surface area contributed by atoms with Crippen molar-refractivity contribution < 1.29 is 38.0 Å². The number of halogens is 1. The Kier molecular flexibility index (Phi) is 14.9. The van der Waals surface area contributed by atoms with Gasteiger partial charge in [0.25, 0.3) is 23.6 Å². The molecule has 1 atom stereocenters. The van der Waals surface area contributed by atoms with Crippen molar-refractivity contribution in [3.63, 3.8) is 0 Å². The first kappa shape index (κ1) is 56.8. The lowest BCUT2D eigenvalue weighted by Gasteiger charge is -2.48. The number of amides is 7. The summed E-state index contributed by atoms with van der Waals surface area (Å²) in [5.41, 5.74) is 6.22. The fraction of sp³-hybridized carbons (Fsp3) is 0.477. The van der Waals surface area contributed by atoms with Gasteiger partial charge in [0, 0.05) is 85.0 Å². The summed E-state index contributed by atoms with van der Waals surface area (Å²) in [4.78, 5) is 112. The third kappa shape index (κ3) is 10.2. The van der Waals surface area contributed by atoms with Crippen molar-refractivity contribution in [1.29, 1.82) is 0 Å². The minimum atomic E-state index is -1.04. The van der Waals surface area contributed by atoms with E-state index in [9.17, 15) is 28.8 Å². The molecule has 0 bridgehead atoms. The Morgan fingerprint density at radius 2 is 1.60 bits per heavy atom. The number of hydrogen-bond donors (Lipinski definition) is 4. The topological polar surface area (TPSA) is 229 Å². The van der Waals surface area contributed by atoms with Gasteiger partial charge in [0.05, 0.1) is 51.5 Å². The third-order valence-corrected chi connectivity index (χ3v) is 19.3. The number of likely N-dealkylation sites (tertiary alicyclic amines) is 2. The number of fused-ring (bicyclic) bond motifs is 4. The van der Waals surface area contributed by atoms with Crippen LogP contribution in [0.4, 0.5) is 27.3 Å². The SMILES string of the molecule is Cc1cc(F)c(Nc2nc(-c3ccc4c(c3)N([C@H]3C[C@@H](N5CCCCC5)C3)C(=O)C43CCN(C(=O)c4cnn(CC5CCC(Nc6cccc7c6C(=O)N(C6CCC(=O)NC6=O)C7=O)CC5)c4)CC3)cc3ncn(C(C)C)c23)cc1C(=O)NC(C)C. The monoisotopic (exact) mass is 1170 g/mol. The fourth-order valence-corrected chi connectivity index (χ4v) is 14.6. The molecule has 13 rings (SSSR count). The minimum Gasteiger partial charge on any atom is -0.382 e. The number of carbonyl (C=O) groups excluding carboxylic acids is 7. The van der Waals surface area contributed by atoms with Crippen molar-refractivity contribution in [2.45, 2.75) is 166 Å². The van der Waals surface area contributed by atoms with Gasteiger partial charge in [0.2, 0.25) is 17.7 Å². The van der Waals surface area contributed by atoms with Gasteiger partial charge in [-0.05, 0) is 172 Å². The van der Waals surface area contributed by atoms with Crippen molar-refractivity contribution in [3.8, 4) is 11.3 Å². The van der Waals surface area contributed by atoms with E-state index in [2.05, 4.69) is 48.3 Å². The zero-order chi connectivity index (χ0) is 59.9. The summed E-state index contributed by atoms with van der Waals surface area (Å²) in [6.45, 7) is 13.1. The molecule has 21 heteroatoms. The van der Waals surface area contributed by atoms with Crippen molar-refractivity contribution in [2.75, 3.05) is 41.7 Å². The third-order valence-electron chi connectivity index (χ3n) is 19.3. The molecule has 86 heavy (non-hydrogen) atoms. The van der Waals surface area contributed by atoms with Gasteiger partial charge in [-0.15, -0.1) is 0 Å². The number of imide groups is 2. The number of aryl methyl sites for hydroxylation is 1. The molecular weight excluding hydrogens is 1090 g/mol. The van der Waals surface area contributed by atoms with E-state index in [0.29, 0.717) is 89.4 Å². The van der Waals surface area contributed by atoms with Gasteiger partial charge < -0.3 is 35.2 Å². The summed E-state index contributed by atoms with van der Waals surface area (Å²) in [6, 6.07) is 15.5. The zero-order valence-corrected chi connectivity index (χ0v) is 49.5. The summed E-state index contributed by atoms with van der Waals surface area (Å²) >= 11 is 0. The van der Waals surface area contributed by atoms with Crippen molar-refractivity contribution in [1.82, 2.24) is 49.6 Å². The van der Waals surface area contributed by atoms with Gasteiger partial charge in [-0.3, -0.25) is 48.5 Å². The minimum absolute atomic E-state index is 0.00305. The van der Waals surface area contributed by atoms with Crippen molar-refractivity contribution in [2.24, 2.45) is 5.92 Å². The van der Waals surface area contributed by atoms with Gasteiger partial charge in [-0.1, -0.05) is 24.6 Å². The van der Waals surface area contributed by atoms with E-state index in [-0.39, 0.29) is 71.5 Å². The van der Waals surface area contributed by atoms with Crippen molar-refractivity contribution in [3.05, 3.63) is 113 Å². The van der Waals surface area contributed by atoms with Gasteiger partial charge in [-0.25, -0.2) is 14.4 Å². The second kappa shape index (κ2) is 22.5. The molecule has 2 saturated carbocycles. The van der Waals surface area contributed by atoms with Crippen LogP contribution in [0.1, 0.15) is 170 Å². The molecule has 5 aliphatic heterocycles. The molecular formula is C65H74FN13O7. The van der Waals surface area contributed by atoms with Gasteiger partial charge in [0.1, 0.15) is 17.4 Å². The highest BCUT2D eigenvalue weighted by Gasteiger charge is 2.56. The fourth-order valence-electron chi connectivity index (χ4n) is 14.6. The maximum atomic E-state index is 16.0. The van der Waals surface area contributed by atoms with E-state index in [1.54, 1.807) is 37.6 Å². The van der Waals surface area contributed by atoms with Gasteiger partial charge >= 0.3 is 0 Å². The normalized spacial score (nSPS) is 23.1. The van der Waals surface area contributed by atoms with E-state index in [1.165, 1.54) is 31.4 Å². The predicted molar refractivity (Wildman–Crippen MR) is 322 cm³/mol. The Morgan fingerprint density at radius 3 is 2.34 bits per heavy atom. The average Bonchev–Trinajstić information content (AvgIpc) is 1.60. The predicted octanol–water partition coefficient (Wildman–Crippen LogP) is 8.81. The molecule has 4 N–H and O–H groups in total. The molecule has 6 aromatic rings. The molecule has 5 fully saturated rings. The lowest BCUT2D eigenvalue weighted by molar-refractivity contribution is -0.136. The molecule has 3 saturated heterocycles. The molecule has 7 amide bonds. The average molecular weight is 1170 g/mol. The number of benzene rings is 3. The second-order valence-electron chi connectivity index (χ2n) is 25.5. The van der Waals surface area contributed by atoms with Crippen LogP contribution in [0.5, 0.6) is 0 Å². The highest BCUT2D eigenvalue weighted by atomic mass is 19.1.